The zero-order chi connectivity index (χ0) is 18.5. The minimum atomic E-state index is -0.550. The molecular weight excluding hydrogens is 332 g/mol. The average molecular weight is 360 g/mol. The van der Waals surface area contributed by atoms with Crippen LogP contribution >= 0.6 is 0 Å². The van der Waals surface area contributed by atoms with Gasteiger partial charge in [-0.15, -0.1) is 0 Å². The lowest BCUT2D eigenvalue weighted by atomic mass is 9.47. The molecule has 2 aliphatic heterocycles. The molecule has 1 saturated heterocycles. The summed E-state index contributed by atoms with van der Waals surface area (Å²) in [6.07, 6.45) is 9.12. The molecule has 0 aromatic carbocycles. The van der Waals surface area contributed by atoms with Gasteiger partial charge >= 0.3 is 11.9 Å². The largest absolute Gasteiger partial charge is 0.461 e. The van der Waals surface area contributed by atoms with Crippen molar-refractivity contribution < 1.29 is 23.8 Å². The van der Waals surface area contributed by atoms with E-state index in [2.05, 4.69) is 19.9 Å². The molecular formula is C21H28O5. The second kappa shape index (κ2) is 6.22. The van der Waals surface area contributed by atoms with Gasteiger partial charge < -0.3 is 14.2 Å². The predicted molar refractivity (Wildman–Crippen MR) is 94.9 cm³/mol. The van der Waals surface area contributed by atoms with Crippen molar-refractivity contribution in [3.63, 3.8) is 0 Å². The third-order valence-electron chi connectivity index (χ3n) is 7.62. The van der Waals surface area contributed by atoms with E-state index in [4.69, 9.17) is 14.2 Å². The molecule has 1 unspecified atom stereocenters. The maximum absolute atomic E-state index is 12.3. The molecule has 5 atom stereocenters. The molecule has 4 rings (SSSR count). The SMILES string of the molecule is COC1C=C(CC[C@@]2(C)[C@H](C)CC[C@@]34COC(=O)C3=CCC[C@@H]42)C(=O)O1. The summed E-state index contributed by atoms with van der Waals surface area (Å²) >= 11 is 0. The molecule has 0 radical (unpaired) electrons. The lowest BCUT2D eigenvalue weighted by molar-refractivity contribution is -0.155. The van der Waals surface area contributed by atoms with Crippen LogP contribution in [0.2, 0.25) is 0 Å². The van der Waals surface area contributed by atoms with Crippen LogP contribution in [0.5, 0.6) is 0 Å². The van der Waals surface area contributed by atoms with E-state index in [1.165, 1.54) is 0 Å². The molecule has 142 valence electrons. The molecule has 2 fully saturated rings. The van der Waals surface area contributed by atoms with Gasteiger partial charge in [-0.1, -0.05) is 19.9 Å². The Kier molecular flexibility index (Phi) is 4.25. The van der Waals surface area contributed by atoms with E-state index in [9.17, 15) is 9.59 Å². The van der Waals surface area contributed by atoms with Crippen molar-refractivity contribution in [1.82, 2.24) is 0 Å². The number of carbonyl (C=O) groups excluding carboxylic acids is 2. The lowest BCUT2D eigenvalue weighted by Gasteiger charge is -2.56. The fourth-order valence-corrected chi connectivity index (χ4v) is 5.86. The van der Waals surface area contributed by atoms with Gasteiger partial charge in [0.15, 0.2) is 0 Å². The zero-order valence-electron chi connectivity index (χ0n) is 15.9. The number of methoxy groups -OCH3 is 1. The predicted octanol–water partition coefficient (Wildman–Crippen LogP) is 3.54. The van der Waals surface area contributed by atoms with Crippen LogP contribution in [0.25, 0.3) is 0 Å². The Balaban J connectivity index is 1.59. The van der Waals surface area contributed by atoms with Crippen molar-refractivity contribution in [3.8, 4) is 0 Å². The number of allylic oxidation sites excluding steroid dienone is 1. The average Bonchev–Trinajstić information content (AvgIpc) is 3.17. The van der Waals surface area contributed by atoms with Gasteiger partial charge in [-0.05, 0) is 61.9 Å². The number of hydrogen-bond acceptors (Lipinski definition) is 5. The van der Waals surface area contributed by atoms with Crippen LogP contribution in [-0.2, 0) is 23.8 Å². The molecule has 0 amide bonds. The summed E-state index contributed by atoms with van der Waals surface area (Å²) < 4.78 is 15.8. The summed E-state index contributed by atoms with van der Waals surface area (Å²) in [5.74, 6) is 0.588. The minimum Gasteiger partial charge on any atom is -0.461 e. The van der Waals surface area contributed by atoms with E-state index in [0.29, 0.717) is 24.9 Å². The van der Waals surface area contributed by atoms with E-state index in [0.717, 1.165) is 43.3 Å². The second-order valence-corrected chi connectivity index (χ2v) is 8.63. The van der Waals surface area contributed by atoms with E-state index >= 15 is 0 Å². The first-order chi connectivity index (χ1) is 12.4. The first-order valence-electron chi connectivity index (χ1n) is 9.73. The van der Waals surface area contributed by atoms with Crippen molar-refractivity contribution in [2.45, 2.75) is 58.7 Å². The van der Waals surface area contributed by atoms with Crippen molar-refractivity contribution >= 4 is 11.9 Å². The molecule has 2 aliphatic carbocycles. The summed E-state index contributed by atoms with van der Waals surface area (Å²) in [5, 5.41) is 0. The Hall–Kier alpha value is -1.62. The fraction of sp³-hybridized carbons (Fsp3) is 0.714. The highest BCUT2D eigenvalue weighted by Crippen LogP contribution is 2.64. The van der Waals surface area contributed by atoms with Crippen LogP contribution in [0.3, 0.4) is 0 Å². The quantitative estimate of drug-likeness (QED) is 0.718. The standard InChI is InChI=1S/C21H28O5/c1-13-7-10-21-12-25-19(23)15(21)5-4-6-16(21)20(13,2)9-8-14-11-17(24-3)26-18(14)22/h5,11,13,16-17H,4,6-10,12H2,1-3H3/t13-,16-,17?,20+,21-/m1/s1. The summed E-state index contributed by atoms with van der Waals surface area (Å²) in [5.41, 5.74) is 1.59. The van der Waals surface area contributed by atoms with Crippen molar-refractivity contribution in [2.75, 3.05) is 13.7 Å². The van der Waals surface area contributed by atoms with Crippen LogP contribution in [-0.4, -0.2) is 31.9 Å². The fourth-order valence-electron chi connectivity index (χ4n) is 5.86. The summed E-state index contributed by atoms with van der Waals surface area (Å²) in [6, 6.07) is 0. The molecule has 26 heavy (non-hydrogen) atoms. The number of esters is 2. The van der Waals surface area contributed by atoms with Gasteiger partial charge in [-0.3, -0.25) is 0 Å². The number of hydrogen-bond donors (Lipinski definition) is 0. The van der Waals surface area contributed by atoms with Crippen LogP contribution < -0.4 is 0 Å². The molecule has 0 N–H and O–H groups in total. The van der Waals surface area contributed by atoms with Gasteiger partial charge in [0, 0.05) is 23.7 Å². The Bertz CT molecular complexity index is 693. The smallest absolute Gasteiger partial charge is 0.336 e. The summed E-state index contributed by atoms with van der Waals surface area (Å²) in [7, 11) is 1.54. The molecule has 5 nitrogen and oxygen atoms in total. The highest BCUT2D eigenvalue weighted by molar-refractivity contribution is 5.92. The Morgan fingerprint density at radius 2 is 2.08 bits per heavy atom. The van der Waals surface area contributed by atoms with E-state index in [1.54, 1.807) is 13.2 Å². The van der Waals surface area contributed by atoms with Crippen LogP contribution in [0.15, 0.2) is 23.3 Å². The van der Waals surface area contributed by atoms with Gasteiger partial charge in [0.2, 0.25) is 6.29 Å². The molecule has 0 bridgehead atoms. The first-order valence-corrected chi connectivity index (χ1v) is 9.73. The molecule has 1 saturated carbocycles. The van der Waals surface area contributed by atoms with Gasteiger partial charge in [0.1, 0.15) is 6.61 Å². The summed E-state index contributed by atoms with van der Waals surface area (Å²) in [6.45, 7) is 5.20. The van der Waals surface area contributed by atoms with E-state index in [1.807, 2.05) is 0 Å². The zero-order valence-corrected chi connectivity index (χ0v) is 15.9. The summed E-state index contributed by atoms with van der Waals surface area (Å²) in [4.78, 5) is 24.3. The Morgan fingerprint density at radius 3 is 2.81 bits per heavy atom. The van der Waals surface area contributed by atoms with Crippen molar-refractivity contribution in [2.24, 2.45) is 22.7 Å². The van der Waals surface area contributed by atoms with Gasteiger partial charge in [-0.2, -0.15) is 0 Å². The van der Waals surface area contributed by atoms with Crippen LogP contribution in [0, 0.1) is 22.7 Å². The van der Waals surface area contributed by atoms with E-state index < -0.39 is 6.29 Å². The monoisotopic (exact) mass is 360 g/mol. The number of rotatable bonds is 4. The number of cyclic esters (lactones) is 2. The second-order valence-electron chi connectivity index (χ2n) is 8.63. The minimum absolute atomic E-state index is 0.0675. The highest BCUT2D eigenvalue weighted by atomic mass is 16.7. The lowest BCUT2D eigenvalue weighted by Crippen LogP contribution is -2.51. The van der Waals surface area contributed by atoms with Gasteiger partial charge in [0.05, 0.1) is 0 Å². The van der Waals surface area contributed by atoms with Crippen LogP contribution in [0.1, 0.15) is 52.4 Å². The topological polar surface area (TPSA) is 61.8 Å². The maximum Gasteiger partial charge on any atom is 0.336 e. The first kappa shape index (κ1) is 17.8. The normalized spacial score (nSPS) is 41.7. The van der Waals surface area contributed by atoms with E-state index in [-0.39, 0.29) is 22.8 Å². The van der Waals surface area contributed by atoms with Crippen molar-refractivity contribution in [3.05, 3.63) is 23.3 Å². The molecule has 0 aromatic heterocycles. The van der Waals surface area contributed by atoms with Gasteiger partial charge in [0.25, 0.3) is 0 Å². The number of ether oxygens (including phenoxy) is 3. The molecule has 2 heterocycles. The third kappa shape index (κ3) is 2.47. The van der Waals surface area contributed by atoms with Crippen molar-refractivity contribution in [1.29, 1.82) is 0 Å². The Labute approximate surface area is 154 Å². The molecule has 5 heteroatoms. The van der Waals surface area contributed by atoms with Crippen LogP contribution in [0.4, 0.5) is 0 Å². The molecule has 4 aliphatic rings. The number of carbonyl (C=O) groups is 2. The Morgan fingerprint density at radius 1 is 1.27 bits per heavy atom. The third-order valence-corrected chi connectivity index (χ3v) is 7.62. The van der Waals surface area contributed by atoms with Gasteiger partial charge in [-0.25, -0.2) is 9.59 Å². The maximum atomic E-state index is 12.3. The molecule has 1 spiro atoms. The highest BCUT2D eigenvalue weighted by Gasteiger charge is 2.60. The molecule has 0 aromatic rings.